The highest BCUT2D eigenvalue weighted by atomic mass is 16.5. The molecule has 2 aromatic heterocycles. The number of anilines is 4. The van der Waals surface area contributed by atoms with Crippen LogP contribution < -0.4 is 20.3 Å². The number of nitrogens with one attached hydrogen (secondary N) is 2. The molecule has 0 atom stereocenters. The predicted molar refractivity (Wildman–Crippen MR) is 177 cm³/mol. The molecule has 1 fully saturated rings. The van der Waals surface area contributed by atoms with Crippen LogP contribution in [0.2, 0.25) is 0 Å². The van der Waals surface area contributed by atoms with Crippen molar-refractivity contribution in [2.75, 3.05) is 56.9 Å². The summed E-state index contributed by atoms with van der Waals surface area (Å²) in [5.41, 5.74) is 5.84. The molecule has 2 aromatic carbocycles. The second kappa shape index (κ2) is 12.9. The zero-order valence-corrected chi connectivity index (χ0v) is 26.1. The van der Waals surface area contributed by atoms with E-state index in [0.717, 1.165) is 30.0 Å². The largest absolute Gasteiger partial charge is 0.494 e. The number of hydrogen-bond acceptors (Lipinski definition) is 7. The summed E-state index contributed by atoms with van der Waals surface area (Å²) in [4.78, 5) is 26.8. The smallest absolute Gasteiger partial charge is 0.251 e. The average molecular weight is 582 g/mol. The van der Waals surface area contributed by atoms with E-state index >= 15 is 0 Å². The SMILES string of the molecule is C=C(CC(C)C)C(=O)Nc1cc(Nc2nccc(-c3cn(C4CC4)c4ccccc34)n2)c(OC)cc1N(C)CCN(C)C. The molecule has 43 heavy (non-hydrogen) atoms. The van der Waals surface area contributed by atoms with E-state index in [9.17, 15) is 4.79 Å². The van der Waals surface area contributed by atoms with Gasteiger partial charge in [0.15, 0.2) is 0 Å². The first-order valence-corrected chi connectivity index (χ1v) is 14.9. The van der Waals surface area contributed by atoms with Crippen molar-refractivity contribution < 1.29 is 9.53 Å². The van der Waals surface area contributed by atoms with Crippen LogP contribution in [0.15, 0.2) is 67.0 Å². The van der Waals surface area contributed by atoms with Crippen LogP contribution in [0.5, 0.6) is 5.75 Å². The molecule has 5 rings (SSSR count). The molecular formula is C34H43N7O2. The lowest BCUT2D eigenvalue weighted by molar-refractivity contribution is -0.113. The lowest BCUT2D eigenvalue weighted by atomic mass is 10.0. The highest BCUT2D eigenvalue weighted by molar-refractivity contribution is 6.06. The Balaban J connectivity index is 1.49. The van der Waals surface area contributed by atoms with Gasteiger partial charge in [0.05, 0.1) is 29.9 Å². The molecule has 9 nitrogen and oxygen atoms in total. The van der Waals surface area contributed by atoms with Gasteiger partial charge in [-0.05, 0) is 57.5 Å². The predicted octanol–water partition coefficient (Wildman–Crippen LogP) is 6.72. The summed E-state index contributed by atoms with van der Waals surface area (Å²) >= 11 is 0. The second-order valence-corrected chi connectivity index (χ2v) is 12.0. The molecule has 1 aliphatic carbocycles. The van der Waals surface area contributed by atoms with Crippen LogP contribution in [-0.4, -0.2) is 66.7 Å². The summed E-state index contributed by atoms with van der Waals surface area (Å²) in [6.07, 6.45) is 7.01. The van der Waals surface area contributed by atoms with Crippen LogP contribution in [0.25, 0.3) is 22.2 Å². The Labute approximate surface area is 254 Å². The Kier molecular flexibility index (Phi) is 9.01. The monoisotopic (exact) mass is 581 g/mol. The third-order valence-electron chi connectivity index (χ3n) is 7.69. The Morgan fingerprint density at radius 2 is 1.88 bits per heavy atom. The number of rotatable bonds is 13. The van der Waals surface area contributed by atoms with E-state index < -0.39 is 0 Å². The maximum Gasteiger partial charge on any atom is 0.251 e. The van der Waals surface area contributed by atoms with Crippen molar-refractivity contribution >= 4 is 39.8 Å². The van der Waals surface area contributed by atoms with E-state index in [0.29, 0.717) is 47.0 Å². The van der Waals surface area contributed by atoms with Crippen LogP contribution in [0.3, 0.4) is 0 Å². The molecule has 2 heterocycles. The van der Waals surface area contributed by atoms with Gasteiger partial charge in [0.25, 0.3) is 5.91 Å². The summed E-state index contributed by atoms with van der Waals surface area (Å²) in [6.45, 7) is 9.80. The first kappa shape index (κ1) is 30.1. The fourth-order valence-electron chi connectivity index (χ4n) is 5.27. The molecule has 226 valence electrons. The Hall–Kier alpha value is -4.37. The minimum absolute atomic E-state index is 0.197. The quantitative estimate of drug-likeness (QED) is 0.169. The highest BCUT2D eigenvalue weighted by Gasteiger charge is 2.26. The van der Waals surface area contributed by atoms with Crippen LogP contribution >= 0.6 is 0 Å². The summed E-state index contributed by atoms with van der Waals surface area (Å²) in [7, 11) is 7.72. The maximum absolute atomic E-state index is 13.2. The molecule has 0 bridgehead atoms. The molecule has 0 unspecified atom stereocenters. The molecule has 1 saturated carbocycles. The van der Waals surface area contributed by atoms with E-state index in [-0.39, 0.29) is 5.91 Å². The van der Waals surface area contributed by atoms with Crippen LogP contribution in [0.1, 0.15) is 39.2 Å². The third kappa shape index (κ3) is 7.00. The molecule has 4 aromatic rings. The molecule has 1 amide bonds. The fourth-order valence-corrected chi connectivity index (χ4v) is 5.27. The second-order valence-electron chi connectivity index (χ2n) is 12.0. The number of fused-ring (bicyclic) bond motifs is 1. The van der Waals surface area contributed by atoms with Gasteiger partial charge in [-0.25, -0.2) is 9.97 Å². The van der Waals surface area contributed by atoms with Crippen LogP contribution in [-0.2, 0) is 4.79 Å². The van der Waals surface area contributed by atoms with Gasteiger partial charge in [-0.15, -0.1) is 0 Å². The molecule has 1 aliphatic rings. The molecule has 0 saturated heterocycles. The number of hydrogen-bond donors (Lipinski definition) is 2. The van der Waals surface area contributed by atoms with Gasteiger partial charge in [0.2, 0.25) is 5.95 Å². The Morgan fingerprint density at radius 1 is 1.12 bits per heavy atom. The first-order chi connectivity index (χ1) is 20.6. The number of para-hydroxylation sites is 1. The fraction of sp³-hybridized carbons (Fsp3) is 0.382. The van der Waals surface area contributed by atoms with E-state index in [1.165, 1.54) is 23.7 Å². The average Bonchev–Trinajstić information content (AvgIpc) is 3.75. The van der Waals surface area contributed by atoms with Gasteiger partial charge < -0.3 is 29.7 Å². The van der Waals surface area contributed by atoms with Crippen molar-refractivity contribution in [1.82, 2.24) is 19.4 Å². The maximum atomic E-state index is 13.2. The van der Waals surface area contributed by atoms with Gasteiger partial charge in [-0.3, -0.25) is 4.79 Å². The Bertz CT molecular complexity index is 1620. The topological polar surface area (TPSA) is 87.5 Å². The van der Waals surface area contributed by atoms with Crippen molar-refractivity contribution in [3.8, 4) is 17.0 Å². The number of carbonyl (C=O) groups excluding carboxylic acids is 1. The zero-order chi connectivity index (χ0) is 30.7. The van der Waals surface area contributed by atoms with Crippen molar-refractivity contribution in [3.05, 3.63) is 67.0 Å². The van der Waals surface area contributed by atoms with Crippen molar-refractivity contribution in [2.45, 2.75) is 39.2 Å². The number of nitrogens with zero attached hydrogens (tertiary/aromatic N) is 5. The van der Waals surface area contributed by atoms with E-state index in [1.54, 1.807) is 13.3 Å². The molecule has 9 heteroatoms. The summed E-state index contributed by atoms with van der Waals surface area (Å²) in [6, 6.07) is 14.8. The molecule has 0 radical (unpaired) electrons. The van der Waals surface area contributed by atoms with E-state index in [2.05, 4.69) is 80.9 Å². The van der Waals surface area contributed by atoms with Crippen molar-refractivity contribution in [3.63, 3.8) is 0 Å². The molecule has 2 N–H and O–H groups in total. The van der Waals surface area contributed by atoms with Gasteiger partial charge in [-0.2, -0.15) is 0 Å². The third-order valence-corrected chi connectivity index (χ3v) is 7.69. The van der Waals surface area contributed by atoms with Gasteiger partial charge in [0.1, 0.15) is 5.75 Å². The van der Waals surface area contributed by atoms with Crippen molar-refractivity contribution in [2.24, 2.45) is 5.92 Å². The van der Waals surface area contributed by atoms with E-state index in [4.69, 9.17) is 9.72 Å². The summed E-state index contributed by atoms with van der Waals surface area (Å²) in [5, 5.41) is 7.64. The normalized spacial score (nSPS) is 13.0. The van der Waals surface area contributed by atoms with Gasteiger partial charge in [0, 0.05) is 66.7 Å². The van der Waals surface area contributed by atoms with Gasteiger partial charge >= 0.3 is 0 Å². The number of methoxy groups -OCH3 is 1. The number of likely N-dealkylation sites (N-methyl/N-ethyl adjacent to an activating group) is 2. The van der Waals surface area contributed by atoms with Crippen LogP contribution in [0.4, 0.5) is 23.0 Å². The minimum Gasteiger partial charge on any atom is -0.494 e. The lowest BCUT2D eigenvalue weighted by Crippen LogP contribution is -2.29. The first-order valence-electron chi connectivity index (χ1n) is 14.9. The standard InChI is InChI=1S/C34H43N7O2/c1-22(2)18-23(3)33(42)36-28-19-29(32(43-7)20-31(28)40(6)17-16-39(4)5)38-34-35-15-14-27(37-34)26-21-41(24-12-13-24)30-11-9-8-10-25(26)30/h8-11,14-15,19-22,24H,3,12-13,16-18H2,1-2,4-7H3,(H,36,42)(H,35,37,38). The number of ether oxygens (including phenoxy) is 1. The summed E-state index contributed by atoms with van der Waals surface area (Å²) < 4.78 is 8.19. The van der Waals surface area contributed by atoms with E-state index in [1.807, 2.05) is 39.3 Å². The minimum atomic E-state index is -0.197. The molecule has 0 aliphatic heterocycles. The lowest BCUT2D eigenvalue weighted by Gasteiger charge is -2.26. The van der Waals surface area contributed by atoms with Crippen molar-refractivity contribution in [1.29, 1.82) is 0 Å². The highest BCUT2D eigenvalue weighted by Crippen LogP contribution is 2.42. The number of carbonyl (C=O) groups is 1. The zero-order valence-electron chi connectivity index (χ0n) is 26.1. The Morgan fingerprint density at radius 3 is 2.58 bits per heavy atom. The van der Waals surface area contributed by atoms with Crippen LogP contribution in [0, 0.1) is 5.92 Å². The number of amides is 1. The number of aromatic nitrogens is 3. The number of benzene rings is 2. The van der Waals surface area contributed by atoms with Gasteiger partial charge in [-0.1, -0.05) is 38.6 Å². The summed E-state index contributed by atoms with van der Waals surface area (Å²) in [5.74, 6) is 1.19. The molecular weight excluding hydrogens is 538 g/mol. The molecule has 0 spiro atoms.